The lowest BCUT2D eigenvalue weighted by Crippen LogP contribution is -2.60. The molecule has 5 nitrogen and oxygen atoms in total. The summed E-state index contributed by atoms with van der Waals surface area (Å²) in [5.41, 5.74) is 2.83. The van der Waals surface area contributed by atoms with Crippen molar-refractivity contribution in [3.63, 3.8) is 0 Å². The second kappa shape index (κ2) is 8.27. The Morgan fingerprint density at radius 3 is 2.48 bits per heavy atom. The van der Waals surface area contributed by atoms with E-state index in [1.807, 2.05) is 0 Å². The zero-order valence-electron chi connectivity index (χ0n) is 17.9. The third-order valence-electron chi connectivity index (χ3n) is 7.90. The largest absolute Gasteiger partial charge is 0.364 e. The first-order valence-corrected chi connectivity index (χ1v) is 11.8. The van der Waals surface area contributed by atoms with E-state index in [4.69, 9.17) is 0 Å². The Bertz CT molecular complexity index is 723. The zero-order chi connectivity index (χ0) is 19.8. The summed E-state index contributed by atoms with van der Waals surface area (Å²) in [4.78, 5) is 23.1. The van der Waals surface area contributed by atoms with Gasteiger partial charge in [0.05, 0.1) is 12.1 Å². The van der Waals surface area contributed by atoms with E-state index in [2.05, 4.69) is 50.8 Å². The number of nitrogens with zero attached hydrogens (tertiary/aromatic N) is 4. The van der Waals surface area contributed by atoms with Crippen molar-refractivity contribution in [2.75, 3.05) is 50.7 Å². The maximum absolute atomic E-state index is 13.3. The second-order valence-corrected chi connectivity index (χ2v) is 9.50. The van der Waals surface area contributed by atoms with Gasteiger partial charge in [0.15, 0.2) is 0 Å². The maximum Gasteiger partial charge on any atom is 0.239 e. The molecule has 0 aromatic heterocycles. The summed E-state index contributed by atoms with van der Waals surface area (Å²) >= 11 is 0. The van der Waals surface area contributed by atoms with Crippen molar-refractivity contribution in [2.45, 2.75) is 63.6 Å². The first-order chi connectivity index (χ1) is 14.2. The van der Waals surface area contributed by atoms with Gasteiger partial charge in [-0.05, 0) is 37.8 Å². The van der Waals surface area contributed by atoms with Gasteiger partial charge >= 0.3 is 0 Å². The van der Waals surface area contributed by atoms with Crippen LogP contribution in [0.3, 0.4) is 0 Å². The quantitative estimate of drug-likeness (QED) is 0.786. The number of carbonyl (C=O) groups is 1. The molecule has 0 spiro atoms. The van der Waals surface area contributed by atoms with Gasteiger partial charge in [0.2, 0.25) is 5.91 Å². The van der Waals surface area contributed by atoms with E-state index in [0.717, 1.165) is 58.3 Å². The standard InChI is InChI=1S/C24H36N4O/c1-19(25-11-13-26(14-12-25)21-8-3-2-4-9-21)24(29)27-15-16-28-22(18-27)17-20-7-5-6-10-23(20)28/h5-7,10,19,21-22H,2-4,8-9,11-18H2,1H3/t19-,22-/m0/s1. The Hall–Kier alpha value is -1.59. The van der Waals surface area contributed by atoms with Crippen LogP contribution in [0.5, 0.6) is 0 Å². The van der Waals surface area contributed by atoms with Gasteiger partial charge in [0.25, 0.3) is 0 Å². The first-order valence-electron chi connectivity index (χ1n) is 11.8. The summed E-state index contributed by atoms with van der Waals surface area (Å²) in [5.74, 6) is 0.340. The number of para-hydroxylation sites is 1. The molecule has 2 saturated heterocycles. The average Bonchev–Trinajstić information content (AvgIpc) is 3.16. The lowest BCUT2D eigenvalue weighted by molar-refractivity contribution is -0.138. The maximum atomic E-state index is 13.3. The van der Waals surface area contributed by atoms with E-state index < -0.39 is 0 Å². The summed E-state index contributed by atoms with van der Waals surface area (Å²) in [5, 5.41) is 0. The summed E-state index contributed by atoms with van der Waals surface area (Å²) in [6.07, 6.45) is 8.05. The van der Waals surface area contributed by atoms with Gasteiger partial charge in [-0.3, -0.25) is 14.6 Å². The number of amides is 1. The van der Waals surface area contributed by atoms with Crippen LogP contribution in [0.25, 0.3) is 0 Å². The molecule has 4 aliphatic rings. The van der Waals surface area contributed by atoms with Gasteiger partial charge in [0, 0.05) is 57.5 Å². The lowest BCUT2D eigenvalue weighted by Gasteiger charge is -2.44. The average molecular weight is 397 g/mol. The summed E-state index contributed by atoms with van der Waals surface area (Å²) < 4.78 is 0. The number of rotatable bonds is 3. The second-order valence-electron chi connectivity index (χ2n) is 9.50. The molecule has 3 heterocycles. The molecule has 1 aromatic carbocycles. The van der Waals surface area contributed by atoms with Crippen molar-refractivity contribution in [1.29, 1.82) is 0 Å². The molecule has 1 saturated carbocycles. The smallest absolute Gasteiger partial charge is 0.239 e. The minimum absolute atomic E-state index is 0.0128. The molecule has 29 heavy (non-hydrogen) atoms. The molecule has 1 amide bonds. The molecule has 1 aliphatic carbocycles. The van der Waals surface area contributed by atoms with Crippen LogP contribution >= 0.6 is 0 Å². The van der Waals surface area contributed by atoms with Gasteiger partial charge in [0.1, 0.15) is 0 Å². The van der Waals surface area contributed by atoms with Crippen LogP contribution in [-0.4, -0.2) is 84.5 Å². The van der Waals surface area contributed by atoms with E-state index in [1.54, 1.807) is 0 Å². The van der Waals surface area contributed by atoms with Crippen LogP contribution in [-0.2, 0) is 11.2 Å². The molecule has 5 heteroatoms. The van der Waals surface area contributed by atoms with E-state index >= 15 is 0 Å². The van der Waals surface area contributed by atoms with Crippen LogP contribution in [0.15, 0.2) is 24.3 Å². The fraction of sp³-hybridized carbons (Fsp3) is 0.708. The highest BCUT2D eigenvalue weighted by molar-refractivity contribution is 5.82. The topological polar surface area (TPSA) is 30.0 Å². The molecule has 2 atom stereocenters. The molecule has 5 rings (SSSR count). The number of anilines is 1. The highest BCUT2D eigenvalue weighted by atomic mass is 16.2. The number of benzene rings is 1. The molecule has 0 bridgehead atoms. The SMILES string of the molecule is C[C@@H](C(=O)N1CCN2c3ccccc3C[C@H]2C1)N1CCN(C2CCCCC2)CC1. The number of piperazine rings is 2. The Morgan fingerprint density at radius 2 is 1.69 bits per heavy atom. The number of hydrogen-bond acceptors (Lipinski definition) is 4. The predicted octanol–water partition coefficient (Wildman–Crippen LogP) is 2.60. The Morgan fingerprint density at radius 1 is 0.931 bits per heavy atom. The molecular weight excluding hydrogens is 360 g/mol. The summed E-state index contributed by atoms with van der Waals surface area (Å²) in [7, 11) is 0. The lowest BCUT2D eigenvalue weighted by atomic mass is 9.93. The molecule has 3 fully saturated rings. The molecule has 158 valence electrons. The fourth-order valence-electron chi connectivity index (χ4n) is 6.12. The van der Waals surface area contributed by atoms with Crippen LogP contribution in [0.1, 0.15) is 44.6 Å². The van der Waals surface area contributed by atoms with Crippen molar-refractivity contribution in [3.05, 3.63) is 29.8 Å². The number of hydrogen-bond donors (Lipinski definition) is 0. The molecule has 0 N–H and O–H groups in total. The normalized spacial score (nSPS) is 27.6. The van der Waals surface area contributed by atoms with Gasteiger partial charge in [-0.15, -0.1) is 0 Å². The first kappa shape index (κ1) is 19.4. The highest BCUT2D eigenvalue weighted by Crippen LogP contribution is 2.34. The Balaban J connectivity index is 1.15. The third kappa shape index (κ3) is 3.79. The van der Waals surface area contributed by atoms with Gasteiger partial charge in [-0.2, -0.15) is 0 Å². The molecular formula is C24H36N4O. The molecule has 3 aliphatic heterocycles. The third-order valence-corrected chi connectivity index (χ3v) is 7.90. The van der Waals surface area contributed by atoms with E-state index in [0.29, 0.717) is 11.9 Å². The zero-order valence-corrected chi connectivity index (χ0v) is 17.9. The van der Waals surface area contributed by atoms with E-state index in [1.165, 1.54) is 43.4 Å². The van der Waals surface area contributed by atoms with Crippen LogP contribution in [0.2, 0.25) is 0 Å². The molecule has 0 unspecified atom stereocenters. The van der Waals surface area contributed by atoms with Gasteiger partial charge in [-0.1, -0.05) is 37.5 Å². The highest BCUT2D eigenvalue weighted by Gasteiger charge is 2.38. The van der Waals surface area contributed by atoms with Crippen molar-refractivity contribution in [3.8, 4) is 0 Å². The van der Waals surface area contributed by atoms with E-state index in [9.17, 15) is 4.79 Å². The summed E-state index contributed by atoms with van der Waals surface area (Å²) in [6.45, 7) is 9.18. The monoisotopic (exact) mass is 396 g/mol. The van der Waals surface area contributed by atoms with Crippen LogP contribution in [0, 0.1) is 0 Å². The Kier molecular flexibility index (Phi) is 5.53. The van der Waals surface area contributed by atoms with Crippen molar-refractivity contribution in [1.82, 2.24) is 14.7 Å². The van der Waals surface area contributed by atoms with E-state index in [-0.39, 0.29) is 6.04 Å². The van der Waals surface area contributed by atoms with Gasteiger partial charge < -0.3 is 9.80 Å². The summed E-state index contributed by atoms with van der Waals surface area (Å²) in [6, 6.07) is 10.0. The van der Waals surface area contributed by atoms with Crippen LogP contribution < -0.4 is 4.90 Å². The van der Waals surface area contributed by atoms with Crippen molar-refractivity contribution in [2.24, 2.45) is 0 Å². The minimum atomic E-state index is 0.0128. The number of fused-ring (bicyclic) bond motifs is 3. The van der Waals surface area contributed by atoms with Crippen molar-refractivity contribution >= 4 is 11.6 Å². The predicted molar refractivity (Wildman–Crippen MR) is 117 cm³/mol. The number of carbonyl (C=O) groups excluding carboxylic acids is 1. The van der Waals surface area contributed by atoms with Crippen molar-refractivity contribution < 1.29 is 4.79 Å². The van der Waals surface area contributed by atoms with Crippen LogP contribution in [0.4, 0.5) is 5.69 Å². The minimum Gasteiger partial charge on any atom is -0.364 e. The fourth-order valence-corrected chi connectivity index (χ4v) is 6.12. The molecule has 1 aromatic rings. The van der Waals surface area contributed by atoms with Gasteiger partial charge in [-0.25, -0.2) is 0 Å². The Labute approximate surface area is 175 Å². The molecule has 0 radical (unpaired) electrons.